The lowest BCUT2D eigenvalue weighted by molar-refractivity contribution is -0.149. The Balaban J connectivity index is 1.82. The Hall–Kier alpha value is -4.11. The topological polar surface area (TPSA) is 77.0 Å². The number of fused-ring (bicyclic) bond motifs is 2. The highest BCUT2D eigenvalue weighted by molar-refractivity contribution is 6.46. The molecular formula is C25H19N3O3. The van der Waals surface area contributed by atoms with Gasteiger partial charge in [0.05, 0.1) is 23.6 Å². The van der Waals surface area contributed by atoms with E-state index in [1.807, 2.05) is 72.4 Å². The summed E-state index contributed by atoms with van der Waals surface area (Å²) in [5.41, 5.74) is 3.80. The summed E-state index contributed by atoms with van der Waals surface area (Å²) in [6.45, 7) is 3.27. The predicted octanol–water partition coefficient (Wildman–Crippen LogP) is 4.52. The number of nitriles is 1. The first-order chi connectivity index (χ1) is 15.1. The zero-order valence-corrected chi connectivity index (χ0v) is 17.0. The van der Waals surface area contributed by atoms with Crippen LogP contribution in [-0.2, 0) is 27.4 Å². The largest absolute Gasteiger partial charge is 0.386 e. The van der Waals surface area contributed by atoms with Gasteiger partial charge >= 0.3 is 11.9 Å². The van der Waals surface area contributed by atoms with Crippen LogP contribution in [0.2, 0.25) is 0 Å². The molecule has 0 amide bonds. The number of nitrogens with zero attached hydrogens (tertiary/aromatic N) is 3. The second-order valence-electron chi connectivity index (χ2n) is 7.43. The number of ether oxygens (including phenoxy) is 1. The van der Waals surface area contributed by atoms with E-state index in [4.69, 9.17) is 10.00 Å². The van der Waals surface area contributed by atoms with E-state index in [2.05, 4.69) is 10.6 Å². The molecule has 0 spiro atoms. The van der Waals surface area contributed by atoms with E-state index >= 15 is 0 Å². The van der Waals surface area contributed by atoms with E-state index in [0.717, 1.165) is 28.4 Å². The van der Waals surface area contributed by atoms with Crippen molar-refractivity contribution in [3.63, 3.8) is 0 Å². The molecule has 6 nitrogen and oxygen atoms in total. The molecule has 0 saturated carbocycles. The fourth-order valence-corrected chi connectivity index (χ4v) is 4.39. The van der Waals surface area contributed by atoms with Gasteiger partial charge in [0.25, 0.3) is 0 Å². The Morgan fingerprint density at radius 1 is 0.839 bits per heavy atom. The predicted molar refractivity (Wildman–Crippen MR) is 118 cm³/mol. The van der Waals surface area contributed by atoms with Gasteiger partial charge in [-0.15, -0.1) is 0 Å². The summed E-state index contributed by atoms with van der Waals surface area (Å²) in [5.74, 6) is -1.27. The molecular weight excluding hydrogens is 390 g/mol. The molecule has 2 aromatic carbocycles. The SMILES string of the molecule is CCn1cc(C2=C(c3cn(CCC#N)c4ccccc34)C(=O)OC2=O)c2ccccc21. The summed E-state index contributed by atoms with van der Waals surface area (Å²) in [6.07, 6.45) is 4.10. The number of hydrogen-bond acceptors (Lipinski definition) is 4. The average molecular weight is 409 g/mol. The molecule has 3 heterocycles. The molecule has 6 heteroatoms. The molecule has 1 aliphatic rings. The standard InChI is InChI=1S/C25H19N3O3/c1-2-27-14-18(16-8-3-5-10-20(16)27)22-23(25(30)31-24(22)29)19-15-28(13-7-12-26)21-11-6-4-9-17(19)21/h3-6,8-11,14-15H,2,7,13H2,1H3. The molecule has 1 aliphatic heterocycles. The van der Waals surface area contributed by atoms with E-state index in [1.54, 1.807) is 0 Å². The van der Waals surface area contributed by atoms with Crippen molar-refractivity contribution < 1.29 is 14.3 Å². The van der Waals surface area contributed by atoms with Gasteiger partial charge in [-0.3, -0.25) is 0 Å². The molecule has 0 aliphatic carbocycles. The van der Waals surface area contributed by atoms with Crippen LogP contribution < -0.4 is 0 Å². The summed E-state index contributed by atoms with van der Waals surface area (Å²) in [6, 6.07) is 17.7. The van der Waals surface area contributed by atoms with Crippen LogP contribution in [0.4, 0.5) is 0 Å². The van der Waals surface area contributed by atoms with E-state index in [9.17, 15) is 9.59 Å². The monoisotopic (exact) mass is 409 g/mol. The second-order valence-corrected chi connectivity index (χ2v) is 7.43. The van der Waals surface area contributed by atoms with Crippen molar-refractivity contribution in [2.75, 3.05) is 0 Å². The zero-order valence-electron chi connectivity index (χ0n) is 17.0. The Kier molecular flexibility index (Phi) is 4.45. The van der Waals surface area contributed by atoms with Gasteiger partial charge in [-0.25, -0.2) is 9.59 Å². The number of aryl methyl sites for hydroxylation is 2. The maximum Gasteiger partial charge on any atom is 0.347 e. The number of rotatable bonds is 5. The van der Waals surface area contributed by atoms with Gasteiger partial charge in [0.2, 0.25) is 0 Å². The highest BCUT2D eigenvalue weighted by atomic mass is 16.6. The highest BCUT2D eigenvalue weighted by Gasteiger charge is 2.37. The maximum absolute atomic E-state index is 12.9. The number of cyclic esters (lactones) is 2. The second kappa shape index (κ2) is 7.29. The van der Waals surface area contributed by atoms with Crippen molar-refractivity contribution in [3.8, 4) is 6.07 Å². The van der Waals surface area contributed by atoms with Crippen molar-refractivity contribution in [2.45, 2.75) is 26.4 Å². The van der Waals surface area contributed by atoms with Crippen LogP contribution in [-0.4, -0.2) is 21.1 Å². The van der Waals surface area contributed by atoms with E-state index in [1.165, 1.54) is 0 Å². The van der Waals surface area contributed by atoms with Crippen molar-refractivity contribution in [2.24, 2.45) is 0 Å². The van der Waals surface area contributed by atoms with Crippen LogP contribution in [0.1, 0.15) is 24.5 Å². The van der Waals surface area contributed by atoms with Gasteiger partial charge in [0.15, 0.2) is 0 Å². The third kappa shape index (κ3) is 2.86. The lowest BCUT2D eigenvalue weighted by Crippen LogP contribution is -2.02. The minimum atomic E-state index is -0.642. The average Bonchev–Trinajstić information content (AvgIpc) is 3.43. The number of aromatic nitrogens is 2. The molecule has 0 radical (unpaired) electrons. The third-order valence-corrected chi connectivity index (χ3v) is 5.76. The van der Waals surface area contributed by atoms with Crippen LogP contribution in [0.3, 0.4) is 0 Å². The van der Waals surface area contributed by atoms with Gasteiger partial charge in [0, 0.05) is 58.4 Å². The number of benzene rings is 2. The first-order valence-corrected chi connectivity index (χ1v) is 10.2. The van der Waals surface area contributed by atoms with Crippen LogP contribution in [0.15, 0.2) is 60.9 Å². The van der Waals surface area contributed by atoms with Crippen molar-refractivity contribution in [3.05, 3.63) is 72.1 Å². The summed E-state index contributed by atoms with van der Waals surface area (Å²) in [4.78, 5) is 25.7. The van der Waals surface area contributed by atoms with E-state index in [-0.39, 0.29) is 11.1 Å². The molecule has 0 N–H and O–H groups in total. The fourth-order valence-electron chi connectivity index (χ4n) is 4.39. The fraction of sp³-hybridized carbons (Fsp3) is 0.160. The van der Waals surface area contributed by atoms with E-state index in [0.29, 0.717) is 24.1 Å². The molecule has 0 unspecified atom stereocenters. The Morgan fingerprint density at radius 3 is 1.90 bits per heavy atom. The molecule has 2 aromatic heterocycles. The molecule has 31 heavy (non-hydrogen) atoms. The quantitative estimate of drug-likeness (QED) is 0.359. The third-order valence-electron chi connectivity index (χ3n) is 5.76. The van der Waals surface area contributed by atoms with Crippen molar-refractivity contribution in [1.82, 2.24) is 9.13 Å². The molecule has 5 rings (SSSR count). The highest BCUT2D eigenvalue weighted by Crippen LogP contribution is 2.40. The van der Waals surface area contributed by atoms with Crippen molar-refractivity contribution >= 4 is 44.9 Å². The number of hydrogen-bond donors (Lipinski definition) is 0. The van der Waals surface area contributed by atoms with Crippen LogP contribution in [0, 0.1) is 11.3 Å². The Bertz CT molecular complexity index is 1450. The maximum atomic E-state index is 12.9. The molecule has 0 fully saturated rings. The summed E-state index contributed by atoms with van der Waals surface area (Å²) >= 11 is 0. The van der Waals surface area contributed by atoms with Crippen LogP contribution >= 0.6 is 0 Å². The normalized spacial score (nSPS) is 13.9. The number of carbonyl (C=O) groups is 2. The zero-order chi connectivity index (χ0) is 21.5. The number of esters is 2. The smallest absolute Gasteiger partial charge is 0.347 e. The molecule has 0 bridgehead atoms. The van der Waals surface area contributed by atoms with Gasteiger partial charge < -0.3 is 13.9 Å². The Morgan fingerprint density at radius 2 is 1.35 bits per heavy atom. The van der Waals surface area contributed by atoms with Crippen LogP contribution in [0.25, 0.3) is 33.0 Å². The minimum Gasteiger partial charge on any atom is -0.386 e. The minimum absolute atomic E-state index is 0.274. The first-order valence-electron chi connectivity index (χ1n) is 10.2. The van der Waals surface area contributed by atoms with Gasteiger partial charge in [-0.1, -0.05) is 36.4 Å². The van der Waals surface area contributed by atoms with Gasteiger partial charge in [0.1, 0.15) is 0 Å². The lowest BCUT2D eigenvalue weighted by atomic mass is 9.95. The molecule has 4 aromatic rings. The Labute approximate surface area is 178 Å². The summed E-state index contributed by atoms with van der Waals surface area (Å²) in [7, 11) is 0. The molecule has 152 valence electrons. The number of para-hydroxylation sites is 2. The van der Waals surface area contributed by atoms with E-state index < -0.39 is 11.9 Å². The number of carbonyl (C=O) groups excluding carboxylic acids is 2. The first kappa shape index (κ1) is 18.9. The van der Waals surface area contributed by atoms with Crippen molar-refractivity contribution in [1.29, 1.82) is 5.26 Å². The molecule has 0 atom stereocenters. The van der Waals surface area contributed by atoms with Crippen LogP contribution in [0.5, 0.6) is 0 Å². The van der Waals surface area contributed by atoms with Gasteiger partial charge in [-0.05, 0) is 19.1 Å². The molecule has 0 saturated heterocycles. The summed E-state index contributed by atoms with van der Waals surface area (Å²) in [5, 5.41) is 10.8. The lowest BCUT2D eigenvalue weighted by Gasteiger charge is -2.01. The van der Waals surface area contributed by atoms with Gasteiger partial charge in [-0.2, -0.15) is 5.26 Å². The summed E-state index contributed by atoms with van der Waals surface area (Å²) < 4.78 is 9.11.